The third-order valence-corrected chi connectivity index (χ3v) is 2.76. The highest BCUT2D eigenvalue weighted by molar-refractivity contribution is 5.32. The van der Waals surface area contributed by atoms with Crippen LogP contribution >= 0.6 is 0 Å². The third kappa shape index (κ3) is 3.14. The molecule has 19 heavy (non-hydrogen) atoms. The first-order valence-corrected chi connectivity index (χ1v) is 6.21. The zero-order valence-corrected chi connectivity index (χ0v) is 10.6. The van der Waals surface area contributed by atoms with E-state index in [2.05, 4.69) is 15.6 Å². The highest BCUT2D eigenvalue weighted by Crippen LogP contribution is 2.22. The van der Waals surface area contributed by atoms with E-state index in [1.807, 2.05) is 25.1 Å². The lowest BCUT2D eigenvalue weighted by Gasteiger charge is -2.18. The highest BCUT2D eigenvalue weighted by atomic mass is 19.3. The van der Waals surface area contributed by atoms with Gasteiger partial charge >= 0.3 is 0 Å². The highest BCUT2D eigenvalue weighted by Gasteiger charge is 2.26. The second kappa shape index (κ2) is 6.38. The molecule has 102 valence electrons. The van der Waals surface area contributed by atoms with Crippen molar-refractivity contribution in [3.63, 3.8) is 0 Å². The molecule has 1 unspecified atom stereocenters. The second-order valence-corrected chi connectivity index (χ2v) is 4.17. The van der Waals surface area contributed by atoms with Gasteiger partial charge in [-0.05, 0) is 25.1 Å². The minimum Gasteiger partial charge on any atom is -0.304 e. The van der Waals surface area contributed by atoms with E-state index >= 15 is 0 Å². The summed E-state index contributed by atoms with van der Waals surface area (Å²) in [7, 11) is 0. The van der Waals surface area contributed by atoms with E-state index in [1.54, 1.807) is 12.1 Å². The average Bonchev–Trinajstić information content (AvgIpc) is 2.89. The number of rotatable bonds is 6. The Kier molecular flexibility index (Phi) is 4.57. The maximum atomic E-state index is 13.2. The van der Waals surface area contributed by atoms with E-state index in [0.717, 1.165) is 12.1 Å². The molecule has 2 aromatic rings. The molecule has 4 nitrogen and oxygen atoms in total. The number of alkyl halides is 2. The average molecular weight is 266 g/mol. The van der Waals surface area contributed by atoms with Crippen LogP contribution in [-0.2, 0) is 0 Å². The zero-order valence-electron chi connectivity index (χ0n) is 10.6. The van der Waals surface area contributed by atoms with Crippen LogP contribution in [0.3, 0.4) is 0 Å². The summed E-state index contributed by atoms with van der Waals surface area (Å²) in [6.07, 6.45) is -0.338. The monoisotopic (exact) mass is 266 g/mol. The summed E-state index contributed by atoms with van der Waals surface area (Å²) in [6.45, 7) is 2.46. The molecule has 0 saturated heterocycles. The fraction of sp³-hybridized carbons (Fsp3) is 0.385. The quantitative estimate of drug-likeness (QED) is 0.873. The molecule has 0 saturated carbocycles. The van der Waals surface area contributed by atoms with E-state index in [9.17, 15) is 8.78 Å². The van der Waals surface area contributed by atoms with Crippen molar-refractivity contribution in [3.8, 4) is 5.69 Å². The molecule has 0 spiro atoms. The van der Waals surface area contributed by atoms with Crippen LogP contribution in [-0.4, -0.2) is 28.0 Å². The van der Waals surface area contributed by atoms with Crippen LogP contribution in [0.15, 0.2) is 36.5 Å². The summed E-state index contributed by atoms with van der Waals surface area (Å²) in [5, 5.41) is 10.5. The lowest BCUT2D eigenvalue weighted by molar-refractivity contribution is 0.0955. The summed E-state index contributed by atoms with van der Waals surface area (Å²) in [5.74, 6) is 0. The number of hydrogen-bond donors (Lipinski definition) is 1. The number of aromatic nitrogens is 3. The Hall–Kier alpha value is -1.82. The molecule has 6 heteroatoms. The van der Waals surface area contributed by atoms with Gasteiger partial charge in [0.15, 0.2) is 0 Å². The van der Waals surface area contributed by atoms with Gasteiger partial charge in [0, 0.05) is 0 Å². The Morgan fingerprint density at radius 3 is 2.63 bits per heavy atom. The van der Waals surface area contributed by atoms with E-state index in [0.29, 0.717) is 12.2 Å². The summed E-state index contributed by atoms with van der Waals surface area (Å²) in [6, 6.07) is 8.08. The Balaban J connectivity index is 2.31. The van der Waals surface area contributed by atoms with Gasteiger partial charge in [-0.2, -0.15) is 0 Å². The topological polar surface area (TPSA) is 42.7 Å². The Bertz CT molecular complexity index is 498. The predicted octanol–water partition coefficient (Wildman–Crippen LogP) is 2.57. The third-order valence-electron chi connectivity index (χ3n) is 2.76. The molecule has 1 heterocycles. The van der Waals surface area contributed by atoms with Crippen molar-refractivity contribution in [1.29, 1.82) is 0 Å². The zero-order chi connectivity index (χ0) is 13.7. The van der Waals surface area contributed by atoms with Crippen LogP contribution in [0.5, 0.6) is 0 Å². The molecule has 2 rings (SSSR count). The molecule has 1 aromatic heterocycles. The minimum atomic E-state index is -2.51. The van der Waals surface area contributed by atoms with Crippen LogP contribution < -0.4 is 5.32 Å². The Morgan fingerprint density at radius 2 is 2.00 bits per heavy atom. The molecular formula is C13H16F2N4. The number of halogens is 2. The van der Waals surface area contributed by atoms with E-state index in [1.165, 1.54) is 10.9 Å². The first-order chi connectivity index (χ1) is 9.24. The van der Waals surface area contributed by atoms with Gasteiger partial charge in [0.2, 0.25) is 0 Å². The normalized spacial score (nSPS) is 12.8. The standard InChI is InChI=1S/C13H16F2N4/c1-2-8-16-12(13(14)15)11-9-17-18-19(11)10-6-4-3-5-7-10/h3-7,9,12-13,16H,2,8H2,1H3. The van der Waals surface area contributed by atoms with Crippen LogP contribution in [0.4, 0.5) is 8.78 Å². The maximum Gasteiger partial charge on any atom is 0.259 e. The van der Waals surface area contributed by atoms with Crippen molar-refractivity contribution < 1.29 is 8.78 Å². The van der Waals surface area contributed by atoms with Crippen LogP contribution in [0.2, 0.25) is 0 Å². The van der Waals surface area contributed by atoms with Crippen molar-refractivity contribution in [2.75, 3.05) is 6.54 Å². The summed E-state index contributed by atoms with van der Waals surface area (Å²) in [5.41, 5.74) is 1.09. The van der Waals surface area contributed by atoms with Crippen molar-refractivity contribution in [2.45, 2.75) is 25.8 Å². The van der Waals surface area contributed by atoms with Gasteiger partial charge in [-0.15, -0.1) is 5.10 Å². The lowest BCUT2D eigenvalue weighted by atomic mass is 10.2. The van der Waals surface area contributed by atoms with E-state index < -0.39 is 12.5 Å². The summed E-state index contributed by atoms with van der Waals surface area (Å²) in [4.78, 5) is 0. The molecule has 0 aliphatic rings. The van der Waals surface area contributed by atoms with Crippen molar-refractivity contribution in [2.24, 2.45) is 0 Å². The molecule has 0 amide bonds. The molecule has 1 aromatic carbocycles. The first-order valence-electron chi connectivity index (χ1n) is 6.21. The molecule has 1 atom stereocenters. The largest absolute Gasteiger partial charge is 0.304 e. The number of benzene rings is 1. The molecule has 0 aliphatic heterocycles. The van der Waals surface area contributed by atoms with Gasteiger partial charge in [-0.3, -0.25) is 0 Å². The summed E-state index contributed by atoms with van der Waals surface area (Å²) >= 11 is 0. The van der Waals surface area contributed by atoms with Gasteiger partial charge in [0.1, 0.15) is 6.04 Å². The number of hydrogen-bond acceptors (Lipinski definition) is 3. The van der Waals surface area contributed by atoms with Crippen molar-refractivity contribution in [3.05, 3.63) is 42.2 Å². The van der Waals surface area contributed by atoms with Crippen LogP contribution in [0, 0.1) is 0 Å². The molecule has 1 N–H and O–H groups in total. The molecule has 0 aliphatic carbocycles. The first kappa shape index (κ1) is 13.6. The number of para-hydroxylation sites is 1. The van der Waals surface area contributed by atoms with E-state index in [4.69, 9.17) is 0 Å². The van der Waals surface area contributed by atoms with Gasteiger partial charge in [0.05, 0.1) is 17.6 Å². The Morgan fingerprint density at radius 1 is 1.26 bits per heavy atom. The molecule has 0 bridgehead atoms. The SMILES string of the molecule is CCCNC(c1cnnn1-c1ccccc1)C(F)F. The Labute approximate surface area is 110 Å². The second-order valence-electron chi connectivity index (χ2n) is 4.17. The fourth-order valence-electron chi connectivity index (χ4n) is 1.85. The molecular weight excluding hydrogens is 250 g/mol. The van der Waals surface area contributed by atoms with Crippen LogP contribution in [0.1, 0.15) is 25.1 Å². The smallest absolute Gasteiger partial charge is 0.259 e. The molecule has 0 radical (unpaired) electrons. The maximum absolute atomic E-state index is 13.2. The predicted molar refractivity (Wildman–Crippen MR) is 68.4 cm³/mol. The van der Waals surface area contributed by atoms with Gasteiger partial charge in [-0.1, -0.05) is 30.3 Å². The fourth-order valence-corrected chi connectivity index (χ4v) is 1.85. The molecule has 0 fully saturated rings. The van der Waals surface area contributed by atoms with Gasteiger partial charge in [0.25, 0.3) is 6.43 Å². The summed E-state index contributed by atoms with van der Waals surface area (Å²) < 4.78 is 27.7. The van der Waals surface area contributed by atoms with E-state index in [-0.39, 0.29) is 0 Å². The van der Waals surface area contributed by atoms with Crippen molar-refractivity contribution in [1.82, 2.24) is 20.3 Å². The minimum absolute atomic E-state index is 0.370. The van der Waals surface area contributed by atoms with Crippen molar-refractivity contribution >= 4 is 0 Å². The van der Waals surface area contributed by atoms with Gasteiger partial charge < -0.3 is 5.32 Å². The lowest BCUT2D eigenvalue weighted by Crippen LogP contribution is -2.30. The van der Waals surface area contributed by atoms with Crippen LogP contribution in [0.25, 0.3) is 5.69 Å². The number of nitrogens with zero attached hydrogens (tertiary/aromatic N) is 3. The number of nitrogens with one attached hydrogen (secondary N) is 1. The van der Waals surface area contributed by atoms with Gasteiger partial charge in [-0.25, -0.2) is 13.5 Å².